The summed E-state index contributed by atoms with van der Waals surface area (Å²) in [4.78, 5) is 14.2. The summed E-state index contributed by atoms with van der Waals surface area (Å²) in [5.74, 6) is 0. The van der Waals surface area contributed by atoms with Gasteiger partial charge in [-0.3, -0.25) is 9.97 Å². The Morgan fingerprint density at radius 2 is 1.72 bits per heavy atom. The fourth-order valence-corrected chi connectivity index (χ4v) is 3.76. The van der Waals surface area contributed by atoms with Crippen molar-refractivity contribution in [1.82, 2.24) is 15.0 Å². The van der Waals surface area contributed by atoms with Gasteiger partial charge in [0, 0.05) is 34.4 Å². The Hall–Kier alpha value is -2.15. The van der Waals surface area contributed by atoms with Crippen molar-refractivity contribution in [3.63, 3.8) is 0 Å². The number of pyridine rings is 3. The molecule has 0 N–H and O–H groups in total. The number of aromatic nitrogens is 3. The molecule has 5 heteroatoms. The molecule has 2 aliphatic rings. The molecular formula is C24H14KN4. The van der Waals surface area contributed by atoms with Gasteiger partial charge in [-0.05, 0) is 29.8 Å². The van der Waals surface area contributed by atoms with E-state index < -0.39 is 0 Å². The van der Waals surface area contributed by atoms with Gasteiger partial charge in [0.15, 0.2) is 0 Å². The van der Waals surface area contributed by atoms with Gasteiger partial charge in [-0.2, -0.15) is 6.20 Å². The quantitative estimate of drug-likeness (QED) is 0.366. The molecule has 0 atom stereocenters. The van der Waals surface area contributed by atoms with E-state index in [-0.39, 0.29) is 51.4 Å². The van der Waals surface area contributed by atoms with Crippen LogP contribution in [0.15, 0.2) is 84.9 Å². The average molecular weight is 398 g/mol. The second kappa shape index (κ2) is 7.59. The molecule has 1 radical (unpaired) electrons. The summed E-state index contributed by atoms with van der Waals surface area (Å²) in [5.41, 5.74) is 6.77. The topological polar surface area (TPSA) is 52.8 Å². The van der Waals surface area contributed by atoms with E-state index in [4.69, 9.17) is 9.97 Å². The summed E-state index contributed by atoms with van der Waals surface area (Å²) >= 11 is 0. The SMILES string of the molecule is C1=C[N-][C]2C(=C1)C=Cc1cc(-c3ccc4ccc5cccnc5c4n3)cnc12.[K+]. The first-order valence-corrected chi connectivity index (χ1v) is 9.15. The maximum atomic E-state index is 4.92. The first kappa shape index (κ1) is 18.8. The molecule has 4 nitrogen and oxygen atoms in total. The first-order valence-electron chi connectivity index (χ1n) is 9.15. The summed E-state index contributed by atoms with van der Waals surface area (Å²) < 4.78 is 0. The standard InChI is InChI=1S/C24H14N4.K/c1-3-15-7-8-18-13-19(14-27-23(18)21(15)25-11-1)20-10-9-17-6-5-16-4-2-12-26-22(16)24(17)28-20;/h1-14H;/q-1;+1. The molecule has 0 spiro atoms. The smallest absolute Gasteiger partial charge is 0.677 e. The van der Waals surface area contributed by atoms with Gasteiger partial charge >= 0.3 is 51.4 Å². The number of benzene rings is 1. The van der Waals surface area contributed by atoms with Crippen LogP contribution in [0.2, 0.25) is 0 Å². The Labute approximate surface area is 210 Å². The molecule has 1 aromatic carbocycles. The zero-order valence-electron chi connectivity index (χ0n) is 15.9. The van der Waals surface area contributed by atoms with E-state index in [9.17, 15) is 0 Å². The molecular weight excluding hydrogens is 383 g/mol. The van der Waals surface area contributed by atoms with Gasteiger partial charge < -0.3 is 5.32 Å². The predicted molar refractivity (Wildman–Crippen MR) is 112 cm³/mol. The molecule has 131 valence electrons. The molecule has 0 saturated heterocycles. The summed E-state index contributed by atoms with van der Waals surface area (Å²) in [6, 6.07) is 15.4. The normalized spacial score (nSPS) is 14.7. The van der Waals surface area contributed by atoms with Crippen molar-refractivity contribution in [2.75, 3.05) is 0 Å². The Morgan fingerprint density at radius 1 is 0.862 bits per heavy atom. The predicted octanol–water partition coefficient (Wildman–Crippen LogP) is 2.58. The summed E-state index contributed by atoms with van der Waals surface area (Å²) in [7, 11) is 0. The van der Waals surface area contributed by atoms with Gasteiger partial charge in [0.25, 0.3) is 0 Å². The molecule has 0 bridgehead atoms. The van der Waals surface area contributed by atoms with E-state index >= 15 is 0 Å². The number of hydrogen-bond acceptors (Lipinski definition) is 3. The first-order chi connectivity index (χ1) is 13.9. The van der Waals surface area contributed by atoms with Crippen LogP contribution in [0.4, 0.5) is 0 Å². The zero-order chi connectivity index (χ0) is 18.5. The van der Waals surface area contributed by atoms with E-state index in [2.05, 4.69) is 58.9 Å². The van der Waals surface area contributed by atoms with Crippen molar-refractivity contribution in [2.24, 2.45) is 0 Å². The van der Waals surface area contributed by atoms with Gasteiger partial charge in [0.05, 0.1) is 16.7 Å². The average Bonchev–Trinajstić information content (AvgIpc) is 2.78. The van der Waals surface area contributed by atoms with E-state index in [1.165, 1.54) is 0 Å². The Morgan fingerprint density at radius 3 is 2.66 bits per heavy atom. The molecule has 1 aliphatic carbocycles. The van der Waals surface area contributed by atoms with Crippen LogP contribution in [0.3, 0.4) is 0 Å². The molecule has 0 saturated carbocycles. The maximum absolute atomic E-state index is 4.92. The molecule has 0 unspecified atom stereocenters. The minimum Gasteiger partial charge on any atom is -0.677 e. The van der Waals surface area contributed by atoms with E-state index in [0.717, 1.165) is 55.9 Å². The van der Waals surface area contributed by atoms with Gasteiger partial charge in [0.2, 0.25) is 0 Å². The third kappa shape index (κ3) is 3.19. The summed E-state index contributed by atoms with van der Waals surface area (Å²) in [6.45, 7) is 0. The fraction of sp³-hybridized carbons (Fsp3) is 0. The van der Waals surface area contributed by atoms with Crippen LogP contribution in [0, 0.1) is 6.04 Å². The van der Waals surface area contributed by atoms with Gasteiger partial charge in [0.1, 0.15) is 0 Å². The van der Waals surface area contributed by atoms with Crippen molar-refractivity contribution in [1.29, 1.82) is 0 Å². The van der Waals surface area contributed by atoms with Crippen LogP contribution in [-0.2, 0) is 0 Å². The number of allylic oxidation sites excluding steroid dienone is 2. The van der Waals surface area contributed by atoms with Crippen molar-refractivity contribution < 1.29 is 51.4 Å². The third-order valence-electron chi connectivity index (χ3n) is 5.15. The van der Waals surface area contributed by atoms with Crippen LogP contribution in [0.5, 0.6) is 0 Å². The number of rotatable bonds is 1. The van der Waals surface area contributed by atoms with E-state index in [1.54, 1.807) is 6.20 Å². The molecule has 3 aromatic heterocycles. The molecule has 4 heterocycles. The molecule has 4 aromatic rings. The molecule has 29 heavy (non-hydrogen) atoms. The number of nitrogens with zero attached hydrogens (tertiary/aromatic N) is 4. The second-order valence-electron chi connectivity index (χ2n) is 6.85. The van der Waals surface area contributed by atoms with E-state index in [0.29, 0.717) is 0 Å². The van der Waals surface area contributed by atoms with Gasteiger partial charge in [-0.25, -0.2) is 4.98 Å². The summed E-state index contributed by atoms with van der Waals surface area (Å²) in [6.07, 6.45) is 13.7. The largest absolute Gasteiger partial charge is 1.00 e. The number of fused-ring (bicyclic) bond motifs is 6. The Bertz CT molecular complexity index is 1350. The van der Waals surface area contributed by atoms with Gasteiger partial charge in [-0.1, -0.05) is 54.1 Å². The summed E-state index contributed by atoms with van der Waals surface area (Å²) in [5, 5.41) is 6.67. The molecule has 0 amide bonds. The van der Waals surface area contributed by atoms with Crippen LogP contribution < -0.4 is 51.4 Å². The fourth-order valence-electron chi connectivity index (χ4n) is 3.76. The van der Waals surface area contributed by atoms with Crippen LogP contribution in [0.25, 0.3) is 44.5 Å². The molecule has 1 aliphatic heterocycles. The van der Waals surface area contributed by atoms with Crippen LogP contribution >= 0.6 is 0 Å². The minimum absolute atomic E-state index is 0. The Kier molecular flexibility index (Phi) is 4.93. The van der Waals surface area contributed by atoms with Crippen molar-refractivity contribution >= 4 is 27.9 Å². The van der Waals surface area contributed by atoms with Crippen molar-refractivity contribution in [3.8, 4) is 11.3 Å². The van der Waals surface area contributed by atoms with Gasteiger partial charge in [-0.15, -0.1) is 0 Å². The minimum atomic E-state index is 0. The third-order valence-corrected chi connectivity index (χ3v) is 5.15. The van der Waals surface area contributed by atoms with Crippen molar-refractivity contribution in [3.05, 3.63) is 107 Å². The number of hydrogen-bond donors (Lipinski definition) is 0. The molecule has 0 fully saturated rings. The van der Waals surface area contributed by atoms with Crippen LogP contribution in [-0.4, -0.2) is 15.0 Å². The van der Waals surface area contributed by atoms with Crippen molar-refractivity contribution in [2.45, 2.75) is 0 Å². The second-order valence-corrected chi connectivity index (χ2v) is 6.85. The Balaban J connectivity index is 0.00000181. The maximum Gasteiger partial charge on any atom is 1.00 e. The van der Waals surface area contributed by atoms with Crippen LogP contribution in [0.1, 0.15) is 11.3 Å². The zero-order valence-corrected chi connectivity index (χ0v) is 19.0. The molecule has 6 rings (SSSR count). The van der Waals surface area contributed by atoms with E-state index in [1.807, 2.05) is 30.6 Å². The monoisotopic (exact) mass is 397 g/mol.